The largest absolute Gasteiger partial charge is 0.330 e. The third kappa shape index (κ3) is 25.6. The topological polar surface area (TPSA) is 26.0 Å². The van der Waals surface area contributed by atoms with Gasteiger partial charge in [-0.3, -0.25) is 0 Å². The van der Waals surface area contributed by atoms with E-state index in [1.807, 2.05) is 0 Å². The lowest BCUT2D eigenvalue weighted by molar-refractivity contribution is 0.236. The highest BCUT2D eigenvalue weighted by Gasteiger charge is 2.20. The van der Waals surface area contributed by atoms with Crippen LogP contribution in [0.5, 0.6) is 0 Å². The summed E-state index contributed by atoms with van der Waals surface area (Å²) in [5.41, 5.74) is 5.71. The summed E-state index contributed by atoms with van der Waals surface area (Å²) in [5.74, 6) is 2.02. The second-order valence-corrected chi connectivity index (χ2v) is 12.2. The van der Waals surface area contributed by atoms with Crippen molar-refractivity contribution in [3.8, 4) is 0 Å². The Morgan fingerprint density at radius 1 is 0.306 bits per heavy atom. The Kier molecular flexibility index (Phi) is 31.1. The number of hydrogen-bond acceptors (Lipinski definition) is 1. The first-order valence-corrected chi connectivity index (χ1v) is 17.5. The minimum Gasteiger partial charge on any atom is -0.330 e. The zero-order chi connectivity index (χ0) is 26.4. The predicted molar refractivity (Wildman–Crippen MR) is 167 cm³/mol. The summed E-state index contributed by atoms with van der Waals surface area (Å²) >= 11 is 0. The molecule has 0 aliphatic rings. The van der Waals surface area contributed by atoms with Crippen molar-refractivity contribution in [1.82, 2.24) is 0 Å². The Balaban J connectivity index is 4.68. The summed E-state index contributed by atoms with van der Waals surface area (Å²) in [5, 5.41) is 0. The van der Waals surface area contributed by atoms with Gasteiger partial charge >= 0.3 is 0 Å². The first-order valence-electron chi connectivity index (χ1n) is 17.5. The summed E-state index contributed by atoms with van der Waals surface area (Å²) in [7, 11) is 0. The van der Waals surface area contributed by atoms with Crippen LogP contribution >= 0.6 is 0 Å². The lowest BCUT2D eigenvalue weighted by Gasteiger charge is -2.28. The summed E-state index contributed by atoms with van der Waals surface area (Å²) in [6.45, 7) is 7.87. The van der Waals surface area contributed by atoms with Gasteiger partial charge in [0.2, 0.25) is 0 Å². The van der Waals surface area contributed by atoms with Crippen molar-refractivity contribution in [1.29, 1.82) is 0 Å². The van der Waals surface area contributed by atoms with E-state index in [1.165, 1.54) is 186 Å². The zero-order valence-electron chi connectivity index (χ0n) is 25.9. The standard InChI is InChI=1S/C35H73N/c1-4-7-10-13-16-20-25-30-34(29-24-19-15-12-9-6-3)35(32-27-22-18-23-28-33-36)31-26-21-17-14-11-8-5-2/h34-35H,4-33,36H2,1-3H3. The number of rotatable bonds is 31. The highest BCUT2D eigenvalue weighted by molar-refractivity contribution is 4.72. The van der Waals surface area contributed by atoms with E-state index in [1.54, 1.807) is 0 Å². The smallest absolute Gasteiger partial charge is 0.00773 e. The van der Waals surface area contributed by atoms with Gasteiger partial charge in [-0.25, -0.2) is 0 Å². The Morgan fingerprint density at radius 3 is 0.778 bits per heavy atom. The van der Waals surface area contributed by atoms with Gasteiger partial charge in [-0.05, 0) is 24.8 Å². The Labute approximate surface area is 230 Å². The monoisotopic (exact) mass is 508 g/mol. The van der Waals surface area contributed by atoms with E-state index in [4.69, 9.17) is 5.73 Å². The Bertz CT molecular complexity index is 343. The first kappa shape index (κ1) is 36.0. The van der Waals surface area contributed by atoms with Crippen LogP contribution in [-0.4, -0.2) is 6.54 Å². The lowest BCUT2D eigenvalue weighted by Crippen LogP contribution is -2.16. The van der Waals surface area contributed by atoms with Crippen molar-refractivity contribution in [3.63, 3.8) is 0 Å². The first-order chi connectivity index (χ1) is 17.8. The highest BCUT2D eigenvalue weighted by atomic mass is 14.5. The molecule has 0 aromatic heterocycles. The predicted octanol–water partition coefficient (Wildman–Crippen LogP) is 12.6. The second kappa shape index (κ2) is 31.2. The molecule has 1 heteroatoms. The van der Waals surface area contributed by atoms with Crippen LogP contribution in [0.15, 0.2) is 0 Å². The number of unbranched alkanes of at least 4 members (excludes halogenated alkanes) is 21. The van der Waals surface area contributed by atoms with E-state index < -0.39 is 0 Å². The molecule has 0 bridgehead atoms. The average molecular weight is 508 g/mol. The molecule has 0 spiro atoms. The molecule has 218 valence electrons. The molecule has 0 aromatic carbocycles. The molecule has 0 aliphatic carbocycles. The van der Waals surface area contributed by atoms with Crippen LogP contribution in [0.25, 0.3) is 0 Å². The normalized spacial score (nSPS) is 13.3. The third-order valence-electron chi connectivity index (χ3n) is 8.73. The highest BCUT2D eigenvalue weighted by Crippen LogP contribution is 2.33. The van der Waals surface area contributed by atoms with E-state index in [9.17, 15) is 0 Å². The molecular formula is C35H73N. The van der Waals surface area contributed by atoms with Gasteiger partial charge in [0, 0.05) is 0 Å². The van der Waals surface area contributed by atoms with E-state index in [-0.39, 0.29) is 0 Å². The van der Waals surface area contributed by atoms with Gasteiger partial charge in [-0.2, -0.15) is 0 Å². The summed E-state index contributed by atoms with van der Waals surface area (Å²) in [6, 6.07) is 0. The SMILES string of the molecule is CCCCCCCCCC(CCCCCCCC)C(CCCCCCCN)CCCCCCCCC. The molecule has 0 saturated heterocycles. The molecule has 0 saturated carbocycles. The maximum Gasteiger partial charge on any atom is -0.00773 e. The van der Waals surface area contributed by atoms with Gasteiger partial charge in [0.15, 0.2) is 0 Å². The second-order valence-electron chi connectivity index (χ2n) is 12.2. The van der Waals surface area contributed by atoms with Gasteiger partial charge in [0.1, 0.15) is 0 Å². The third-order valence-corrected chi connectivity index (χ3v) is 8.73. The maximum absolute atomic E-state index is 5.71. The van der Waals surface area contributed by atoms with Crippen LogP contribution < -0.4 is 5.73 Å². The van der Waals surface area contributed by atoms with Crippen LogP contribution in [0.2, 0.25) is 0 Å². The van der Waals surface area contributed by atoms with Gasteiger partial charge in [0.25, 0.3) is 0 Å². The van der Waals surface area contributed by atoms with Crippen molar-refractivity contribution in [2.75, 3.05) is 6.54 Å². The molecular weight excluding hydrogens is 434 g/mol. The molecule has 0 aliphatic heterocycles. The summed E-state index contributed by atoms with van der Waals surface area (Å²) in [4.78, 5) is 0. The molecule has 36 heavy (non-hydrogen) atoms. The van der Waals surface area contributed by atoms with Crippen LogP contribution in [-0.2, 0) is 0 Å². The Morgan fingerprint density at radius 2 is 0.528 bits per heavy atom. The fourth-order valence-corrected chi connectivity index (χ4v) is 6.23. The van der Waals surface area contributed by atoms with Gasteiger partial charge in [0.05, 0.1) is 0 Å². The van der Waals surface area contributed by atoms with E-state index in [2.05, 4.69) is 20.8 Å². The molecule has 0 aromatic rings. The number of hydrogen-bond donors (Lipinski definition) is 1. The molecule has 0 heterocycles. The van der Waals surface area contributed by atoms with Crippen LogP contribution in [0.3, 0.4) is 0 Å². The fraction of sp³-hybridized carbons (Fsp3) is 1.00. The quantitative estimate of drug-likeness (QED) is 0.0927. The van der Waals surface area contributed by atoms with E-state index >= 15 is 0 Å². The fourth-order valence-electron chi connectivity index (χ4n) is 6.23. The summed E-state index contributed by atoms with van der Waals surface area (Å²) < 4.78 is 0. The minimum atomic E-state index is 0.875. The molecule has 0 radical (unpaired) electrons. The minimum absolute atomic E-state index is 0.875. The molecule has 0 rings (SSSR count). The van der Waals surface area contributed by atoms with E-state index in [0.29, 0.717) is 0 Å². The molecule has 0 fully saturated rings. The van der Waals surface area contributed by atoms with Gasteiger partial charge in [-0.15, -0.1) is 0 Å². The van der Waals surface area contributed by atoms with E-state index in [0.717, 1.165) is 18.4 Å². The van der Waals surface area contributed by atoms with Crippen LogP contribution in [0.1, 0.15) is 207 Å². The van der Waals surface area contributed by atoms with Crippen molar-refractivity contribution in [3.05, 3.63) is 0 Å². The molecule has 2 N–H and O–H groups in total. The Hall–Kier alpha value is -0.0400. The van der Waals surface area contributed by atoms with Crippen molar-refractivity contribution < 1.29 is 0 Å². The lowest BCUT2D eigenvalue weighted by atomic mass is 9.78. The average Bonchev–Trinajstić information content (AvgIpc) is 2.89. The van der Waals surface area contributed by atoms with Crippen molar-refractivity contribution in [2.24, 2.45) is 17.6 Å². The molecule has 1 nitrogen and oxygen atoms in total. The molecule has 0 amide bonds. The van der Waals surface area contributed by atoms with Crippen molar-refractivity contribution in [2.45, 2.75) is 207 Å². The zero-order valence-corrected chi connectivity index (χ0v) is 25.9. The van der Waals surface area contributed by atoms with Crippen LogP contribution in [0, 0.1) is 11.8 Å². The van der Waals surface area contributed by atoms with Crippen LogP contribution in [0.4, 0.5) is 0 Å². The van der Waals surface area contributed by atoms with Gasteiger partial charge < -0.3 is 5.73 Å². The molecule has 2 atom stereocenters. The summed E-state index contributed by atoms with van der Waals surface area (Å²) in [6.07, 6.45) is 42.1. The maximum atomic E-state index is 5.71. The molecule has 2 unspecified atom stereocenters. The van der Waals surface area contributed by atoms with Gasteiger partial charge in [-0.1, -0.05) is 201 Å². The number of nitrogens with two attached hydrogens (primary N) is 1. The van der Waals surface area contributed by atoms with Crippen molar-refractivity contribution >= 4 is 0 Å².